The molecule has 0 saturated heterocycles. The lowest BCUT2D eigenvalue weighted by molar-refractivity contribution is 0.164. The summed E-state index contributed by atoms with van der Waals surface area (Å²) < 4.78 is 0. The van der Waals surface area contributed by atoms with Gasteiger partial charge in [-0.1, -0.05) is 68.3 Å². The Morgan fingerprint density at radius 3 is 2.53 bits per heavy atom. The van der Waals surface area contributed by atoms with Crippen molar-refractivity contribution in [1.82, 2.24) is 0 Å². The van der Waals surface area contributed by atoms with Gasteiger partial charge in [-0.2, -0.15) is 0 Å². The van der Waals surface area contributed by atoms with Crippen LogP contribution in [0.1, 0.15) is 38.7 Å². The van der Waals surface area contributed by atoms with E-state index in [0.29, 0.717) is 0 Å². The fourth-order valence-corrected chi connectivity index (χ4v) is 1.53. The van der Waals surface area contributed by atoms with E-state index in [-0.39, 0.29) is 0 Å². The Hall–Kier alpha value is -1.34. The predicted octanol–water partition coefficient (Wildman–Crippen LogP) is 4.20. The molecule has 0 radical (unpaired) electrons. The number of hydrogen-bond acceptors (Lipinski definition) is 1. The molecule has 92 valence electrons. The van der Waals surface area contributed by atoms with E-state index in [0.717, 1.165) is 12.0 Å². The van der Waals surface area contributed by atoms with Crippen molar-refractivity contribution < 1.29 is 5.11 Å². The van der Waals surface area contributed by atoms with Crippen LogP contribution in [0.4, 0.5) is 0 Å². The van der Waals surface area contributed by atoms with Gasteiger partial charge in [0.2, 0.25) is 0 Å². The van der Waals surface area contributed by atoms with Crippen molar-refractivity contribution >= 4 is 6.08 Å². The smallest absolute Gasteiger partial charge is 0.0983 e. The van der Waals surface area contributed by atoms with Gasteiger partial charge in [-0.05, 0) is 25.0 Å². The van der Waals surface area contributed by atoms with Crippen LogP contribution in [0.3, 0.4) is 0 Å². The van der Waals surface area contributed by atoms with E-state index >= 15 is 0 Å². The van der Waals surface area contributed by atoms with Crippen molar-refractivity contribution in [2.75, 3.05) is 0 Å². The van der Waals surface area contributed by atoms with Crippen LogP contribution in [0.5, 0.6) is 0 Å². The summed E-state index contributed by atoms with van der Waals surface area (Å²) in [5.74, 6) is 0. The molecule has 0 aromatic heterocycles. The molecule has 0 aliphatic rings. The van der Waals surface area contributed by atoms with E-state index in [9.17, 15) is 5.11 Å². The van der Waals surface area contributed by atoms with Crippen LogP contribution >= 0.6 is 0 Å². The molecule has 0 saturated carbocycles. The second-order valence-electron chi connectivity index (χ2n) is 4.51. The Bertz CT molecular complexity index is 360. The molecule has 0 aliphatic heterocycles. The summed E-state index contributed by atoms with van der Waals surface area (Å²) >= 11 is 0. The van der Waals surface area contributed by atoms with Crippen LogP contribution in [-0.2, 0) is 0 Å². The monoisotopic (exact) mass is 230 g/mol. The van der Waals surface area contributed by atoms with E-state index < -0.39 is 5.60 Å². The molecule has 1 aromatic rings. The van der Waals surface area contributed by atoms with Crippen molar-refractivity contribution in [3.05, 3.63) is 54.1 Å². The molecular weight excluding hydrogens is 208 g/mol. The van der Waals surface area contributed by atoms with Gasteiger partial charge in [0, 0.05) is 0 Å². The third-order valence-corrected chi connectivity index (χ3v) is 2.59. The van der Waals surface area contributed by atoms with Crippen LogP contribution in [0, 0.1) is 0 Å². The normalized spacial score (nSPS) is 15.5. The summed E-state index contributed by atoms with van der Waals surface area (Å²) in [6, 6.07) is 10.0. The number of unbranched alkanes of at least 4 members (excludes halogenated alkanes) is 2. The summed E-state index contributed by atoms with van der Waals surface area (Å²) in [5.41, 5.74) is 0.249. The van der Waals surface area contributed by atoms with Crippen molar-refractivity contribution in [3.63, 3.8) is 0 Å². The average molecular weight is 230 g/mol. The second kappa shape index (κ2) is 7.08. The van der Waals surface area contributed by atoms with E-state index in [1.807, 2.05) is 48.6 Å². The third-order valence-electron chi connectivity index (χ3n) is 2.59. The van der Waals surface area contributed by atoms with Crippen LogP contribution in [0.15, 0.2) is 48.6 Å². The Morgan fingerprint density at radius 1 is 1.18 bits per heavy atom. The van der Waals surface area contributed by atoms with Gasteiger partial charge in [-0.3, -0.25) is 0 Å². The Balaban J connectivity index is 2.54. The van der Waals surface area contributed by atoms with Gasteiger partial charge in [-0.25, -0.2) is 0 Å². The third kappa shape index (κ3) is 6.08. The predicted molar refractivity (Wildman–Crippen MR) is 74.8 cm³/mol. The highest BCUT2D eigenvalue weighted by atomic mass is 16.3. The van der Waals surface area contributed by atoms with Gasteiger partial charge in [0.15, 0.2) is 0 Å². The molecule has 1 N–H and O–H groups in total. The Kier molecular flexibility index (Phi) is 5.71. The average Bonchev–Trinajstić information content (AvgIpc) is 2.34. The first-order chi connectivity index (χ1) is 8.14. The number of aliphatic hydroxyl groups is 1. The number of benzene rings is 1. The molecule has 0 spiro atoms. The van der Waals surface area contributed by atoms with Crippen molar-refractivity contribution in [2.24, 2.45) is 0 Å². The van der Waals surface area contributed by atoms with Gasteiger partial charge in [-0.15, -0.1) is 0 Å². The highest BCUT2D eigenvalue weighted by Crippen LogP contribution is 2.12. The Labute approximate surface area is 104 Å². The minimum atomic E-state index is -0.858. The zero-order chi connectivity index (χ0) is 12.6. The molecule has 0 bridgehead atoms. The summed E-state index contributed by atoms with van der Waals surface area (Å²) in [5, 5.41) is 10.1. The maximum atomic E-state index is 10.1. The summed E-state index contributed by atoms with van der Waals surface area (Å²) in [4.78, 5) is 0. The molecule has 0 amide bonds. The molecule has 0 heterocycles. The molecule has 17 heavy (non-hydrogen) atoms. The first-order valence-electron chi connectivity index (χ1n) is 6.28. The van der Waals surface area contributed by atoms with Crippen molar-refractivity contribution in [3.8, 4) is 0 Å². The number of rotatable bonds is 6. The van der Waals surface area contributed by atoms with Gasteiger partial charge in [0.05, 0.1) is 5.60 Å². The SMILES string of the molecule is CCCC/C=C/C(C)(O)/C=C/c1ccccc1. The fourth-order valence-electron chi connectivity index (χ4n) is 1.53. The molecule has 1 rings (SSSR count). The zero-order valence-electron chi connectivity index (χ0n) is 10.8. The first-order valence-corrected chi connectivity index (χ1v) is 6.28. The minimum absolute atomic E-state index is 0.858. The quantitative estimate of drug-likeness (QED) is 0.573. The van der Waals surface area contributed by atoms with Crippen molar-refractivity contribution in [2.45, 2.75) is 38.7 Å². The highest BCUT2D eigenvalue weighted by molar-refractivity contribution is 5.50. The molecular formula is C16H22O. The van der Waals surface area contributed by atoms with Crippen LogP contribution in [-0.4, -0.2) is 10.7 Å². The van der Waals surface area contributed by atoms with Crippen LogP contribution < -0.4 is 0 Å². The largest absolute Gasteiger partial charge is 0.382 e. The molecule has 1 atom stereocenters. The topological polar surface area (TPSA) is 20.2 Å². The first kappa shape index (κ1) is 13.7. The standard InChI is InChI=1S/C16H22O/c1-3-4-5-9-13-16(2,17)14-12-15-10-7-6-8-11-15/h6-14,17H,3-5H2,1-2H3/b13-9+,14-12+. The number of allylic oxidation sites excluding steroid dienone is 1. The Morgan fingerprint density at radius 2 is 1.88 bits per heavy atom. The maximum absolute atomic E-state index is 10.1. The van der Waals surface area contributed by atoms with Gasteiger partial charge in [0.1, 0.15) is 0 Å². The second-order valence-corrected chi connectivity index (χ2v) is 4.51. The molecule has 0 fully saturated rings. The molecule has 1 nitrogen and oxygen atoms in total. The van der Waals surface area contributed by atoms with Crippen LogP contribution in [0.2, 0.25) is 0 Å². The van der Waals surface area contributed by atoms with Crippen molar-refractivity contribution in [1.29, 1.82) is 0 Å². The minimum Gasteiger partial charge on any atom is -0.382 e. The van der Waals surface area contributed by atoms with E-state index in [1.165, 1.54) is 12.8 Å². The molecule has 1 unspecified atom stereocenters. The van der Waals surface area contributed by atoms with E-state index in [2.05, 4.69) is 13.0 Å². The van der Waals surface area contributed by atoms with Gasteiger partial charge >= 0.3 is 0 Å². The highest BCUT2D eigenvalue weighted by Gasteiger charge is 2.10. The summed E-state index contributed by atoms with van der Waals surface area (Å²) in [6.07, 6.45) is 11.1. The van der Waals surface area contributed by atoms with Gasteiger partial charge in [0.25, 0.3) is 0 Å². The van der Waals surface area contributed by atoms with Gasteiger partial charge < -0.3 is 5.11 Å². The molecule has 1 heteroatoms. The zero-order valence-corrected chi connectivity index (χ0v) is 10.8. The summed E-state index contributed by atoms with van der Waals surface area (Å²) in [6.45, 7) is 3.97. The lowest BCUT2D eigenvalue weighted by atomic mass is 10.0. The lowest BCUT2D eigenvalue weighted by Crippen LogP contribution is -2.16. The molecule has 0 aliphatic carbocycles. The fraction of sp³-hybridized carbons (Fsp3) is 0.375. The van der Waals surface area contributed by atoms with Crippen LogP contribution in [0.25, 0.3) is 6.08 Å². The van der Waals surface area contributed by atoms with E-state index in [1.54, 1.807) is 6.92 Å². The molecule has 1 aromatic carbocycles. The maximum Gasteiger partial charge on any atom is 0.0983 e. The number of hydrogen-bond donors (Lipinski definition) is 1. The lowest BCUT2D eigenvalue weighted by Gasteiger charge is -2.13. The summed E-state index contributed by atoms with van der Waals surface area (Å²) in [7, 11) is 0. The van der Waals surface area contributed by atoms with E-state index in [4.69, 9.17) is 0 Å².